The third-order valence-corrected chi connectivity index (χ3v) is 1.48. The normalized spacial score (nSPS) is 12.6. The van der Waals surface area contributed by atoms with Gasteiger partial charge in [0.2, 0.25) is 0 Å². The topological polar surface area (TPSA) is 49.2 Å². The largest absolute Gasteiger partial charge is 0.392 e. The van der Waals surface area contributed by atoms with Crippen LogP contribution in [0, 0.1) is 0 Å². The van der Waals surface area contributed by atoms with Gasteiger partial charge in [-0.2, -0.15) is 0 Å². The predicted octanol–water partition coefficient (Wildman–Crippen LogP) is 0.294. The molecule has 0 saturated carbocycles. The zero-order chi connectivity index (χ0) is 8.97. The van der Waals surface area contributed by atoms with Gasteiger partial charge in [0.15, 0.2) is 0 Å². The molecule has 0 bridgehead atoms. The van der Waals surface area contributed by atoms with Gasteiger partial charge in [0.25, 0.3) is 0 Å². The number of aliphatic hydroxyl groups excluding tert-OH is 1. The second-order valence-corrected chi connectivity index (χ2v) is 2.79. The second-order valence-electron chi connectivity index (χ2n) is 2.79. The van der Waals surface area contributed by atoms with Crippen molar-refractivity contribution >= 4 is 5.82 Å². The summed E-state index contributed by atoms with van der Waals surface area (Å²) in [6.45, 7) is 2.31. The summed E-state index contributed by atoms with van der Waals surface area (Å²) in [5, 5.41) is 9.09. The van der Waals surface area contributed by atoms with Gasteiger partial charge in [-0.25, -0.2) is 4.98 Å². The molecule has 1 aromatic heterocycles. The van der Waals surface area contributed by atoms with Crippen LogP contribution in [-0.2, 0) is 0 Å². The lowest BCUT2D eigenvalue weighted by atomic mass is 10.4. The molecule has 0 unspecified atom stereocenters. The first-order chi connectivity index (χ1) is 5.70. The molecule has 0 radical (unpaired) electrons. The molecule has 1 N–H and O–H groups in total. The van der Waals surface area contributed by atoms with Gasteiger partial charge < -0.3 is 10.0 Å². The van der Waals surface area contributed by atoms with Gasteiger partial charge in [0.05, 0.1) is 12.3 Å². The third kappa shape index (κ3) is 2.47. The van der Waals surface area contributed by atoms with Crippen molar-refractivity contribution in [3.05, 3.63) is 18.6 Å². The van der Waals surface area contributed by atoms with E-state index in [1.165, 1.54) is 0 Å². The van der Waals surface area contributed by atoms with Crippen LogP contribution in [0.15, 0.2) is 18.6 Å². The molecule has 0 aliphatic rings. The van der Waals surface area contributed by atoms with Gasteiger partial charge in [-0.3, -0.25) is 4.98 Å². The van der Waals surface area contributed by atoms with E-state index in [9.17, 15) is 0 Å². The van der Waals surface area contributed by atoms with Crippen LogP contribution in [0.2, 0.25) is 0 Å². The number of hydrogen-bond acceptors (Lipinski definition) is 4. The first-order valence-electron chi connectivity index (χ1n) is 3.85. The van der Waals surface area contributed by atoms with Crippen LogP contribution in [0.1, 0.15) is 6.92 Å². The molecular weight excluding hydrogens is 154 g/mol. The third-order valence-electron chi connectivity index (χ3n) is 1.48. The Morgan fingerprint density at radius 1 is 1.58 bits per heavy atom. The minimum Gasteiger partial charge on any atom is -0.392 e. The first kappa shape index (κ1) is 8.93. The summed E-state index contributed by atoms with van der Waals surface area (Å²) in [6.07, 6.45) is 4.58. The first-order valence-corrected chi connectivity index (χ1v) is 3.85. The maximum Gasteiger partial charge on any atom is 0.146 e. The van der Waals surface area contributed by atoms with Crippen LogP contribution in [0.25, 0.3) is 0 Å². The molecule has 4 nitrogen and oxygen atoms in total. The minimum atomic E-state index is -0.350. The number of aromatic nitrogens is 2. The van der Waals surface area contributed by atoms with Gasteiger partial charge in [0.1, 0.15) is 5.82 Å². The Kier molecular flexibility index (Phi) is 2.99. The van der Waals surface area contributed by atoms with Gasteiger partial charge in [-0.05, 0) is 6.92 Å². The molecule has 0 aliphatic carbocycles. The molecule has 1 aromatic rings. The predicted molar refractivity (Wildman–Crippen MR) is 47.0 cm³/mol. The fourth-order valence-electron chi connectivity index (χ4n) is 0.978. The summed E-state index contributed by atoms with van der Waals surface area (Å²) in [4.78, 5) is 9.87. The monoisotopic (exact) mass is 167 g/mol. The number of hydrogen-bond donors (Lipinski definition) is 1. The lowest BCUT2D eigenvalue weighted by Crippen LogP contribution is -2.27. The van der Waals surface area contributed by atoms with E-state index >= 15 is 0 Å². The van der Waals surface area contributed by atoms with E-state index in [4.69, 9.17) is 5.11 Å². The summed E-state index contributed by atoms with van der Waals surface area (Å²) in [5.41, 5.74) is 0. The Bertz CT molecular complexity index is 225. The average molecular weight is 167 g/mol. The quantitative estimate of drug-likeness (QED) is 0.703. The molecule has 4 heteroatoms. The molecule has 1 atom stereocenters. The number of rotatable bonds is 3. The lowest BCUT2D eigenvalue weighted by Gasteiger charge is -2.18. The van der Waals surface area contributed by atoms with Crippen molar-refractivity contribution in [1.29, 1.82) is 0 Å². The van der Waals surface area contributed by atoms with Crippen molar-refractivity contribution in [1.82, 2.24) is 9.97 Å². The van der Waals surface area contributed by atoms with Crippen LogP contribution in [0.3, 0.4) is 0 Å². The van der Waals surface area contributed by atoms with Gasteiger partial charge in [-0.15, -0.1) is 0 Å². The molecule has 0 aliphatic heterocycles. The molecule has 0 amide bonds. The van der Waals surface area contributed by atoms with Crippen LogP contribution < -0.4 is 4.90 Å². The van der Waals surface area contributed by atoms with E-state index in [2.05, 4.69) is 9.97 Å². The zero-order valence-electron chi connectivity index (χ0n) is 7.31. The Balaban J connectivity index is 2.59. The van der Waals surface area contributed by atoms with E-state index in [1.54, 1.807) is 25.5 Å². The fraction of sp³-hybridized carbons (Fsp3) is 0.500. The van der Waals surface area contributed by atoms with Crippen molar-refractivity contribution < 1.29 is 5.11 Å². The maximum absolute atomic E-state index is 9.09. The summed E-state index contributed by atoms with van der Waals surface area (Å²) in [7, 11) is 1.87. The number of nitrogens with zero attached hydrogens (tertiary/aromatic N) is 3. The van der Waals surface area contributed by atoms with Gasteiger partial charge in [-0.1, -0.05) is 0 Å². The summed E-state index contributed by atoms with van der Waals surface area (Å²) < 4.78 is 0. The molecule has 0 saturated heterocycles. The molecular formula is C8H13N3O. The number of anilines is 1. The van der Waals surface area contributed by atoms with E-state index in [0.717, 1.165) is 5.82 Å². The van der Waals surface area contributed by atoms with Crippen molar-refractivity contribution in [2.45, 2.75) is 13.0 Å². The highest BCUT2D eigenvalue weighted by Gasteiger charge is 2.04. The zero-order valence-corrected chi connectivity index (χ0v) is 7.31. The molecule has 0 fully saturated rings. The maximum atomic E-state index is 9.09. The van der Waals surface area contributed by atoms with Gasteiger partial charge in [0, 0.05) is 26.0 Å². The van der Waals surface area contributed by atoms with E-state index in [1.807, 2.05) is 11.9 Å². The number of aliphatic hydroxyl groups is 1. The average Bonchev–Trinajstić information content (AvgIpc) is 2.05. The highest BCUT2D eigenvalue weighted by atomic mass is 16.3. The van der Waals surface area contributed by atoms with Crippen LogP contribution in [0.5, 0.6) is 0 Å². The summed E-state index contributed by atoms with van der Waals surface area (Å²) >= 11 is 0. The highest BCUT2D eigenvalue weighted by Crippen LogP contribution is 2.04. The molecule has 0 spiro atoms. The Hall–Kier alpha value is -1.16. The van der Waals surface area contributed by atoms with Crippen LogP contribution >= 0.6 is 0 Å². The Labute approximate surface area is 71.9 Å². The molecule has 1 heterocycles. The van der Waals surface area contributed by atoms with Gasteiger partial charge >= 0.3 is 0 Å². The number of likely N-dealkylation sites (N-methyl/N-ethyl adjacent to an activating group) is 1. The Morgan fingerprint density at radius 2 is 2.33 bits per heavy atom. The van der Waals surface area contributed by atoms with Crippen molar-refractivity contribution in [2.24, 2.45) is 0 Å². The SMILES string of the molecule is C[C@H](O)CN(C)c1cnccn1. The molecule has 12 heavy (non-hydrogen) atoms. The summed E-state index contributed by atoms with van der Waals surface area (Å²) in [6, 6.07) is 0. The van der Waals surface area contributed by atoms with E-state index in [0.29, 0.717) is 6.54 Å². The van der Waals surface area contributed by atoms with Crippen LogP contribution in [-0.4, -0.2) is 34.8 Å². The second kappa shape index (κ2) is 4.01. The summed E-state index contributed by atoms with van der Waals surface area (Å²) in [5.74, 6) is 0.776. The van der Waals surface area contributed by atoms with Crippen molar-refractivity contribution in [3.8, 4) is 0 Å². The molecule has 66 valence electrons. The van der Waals surface area contributed by atoms with E-state index in [-0.39, 0.29) is 6.10 Å². The lowest BCUT2D eigenvalue weighted by molar-refractivity contribution is 0.201. The highest BCUT2D eigenvalue weighted by molar-refractivity contribution is 5.33. The standard InChI is InChI=1S/C8H13N3O/c1-7(12)6-11(2)8-5-9-3-4-10-8/h3-5,7,12H,6H2,1-2H3/t7-/m0/s1. The molecule has 0 aromatic carbocycles. The van der Waals surface area contributed by atoms with Crippen molar-refractivity contribution in [2.75, 3.05) is 18.5 Å². The van der Waals surface area contributed by atoms with E-state index < -0.39 is 0 Å². The van der Waals surface area contributed by atoms with Crippen molar-refractivity contribution in [3.63, 3.8) is 0 Å². The van der Waals surface area contributed by atoms with Crippen LogP contribution in [0.4, 0.5) is 5.82 Å². The smallest absolute Gasteiger partial charge is 0.146 e. The molecule has 1 rings (SSSR count). The minimum absolute atomic E-state index is 0.350. The fourth-order valence-corrected chi connectivity index (χ4v) is 0.978. The Morgan fingerprint density at radius 3 is 2.83 bits per heavy atom.